The van der Waals surface area contributed by atoms with E-state index >= 15 is 0 Å². The lowest BCUT2D eigenvalue weighted by Gasteiger charge is -2.14. The minimum absolute atomic E-state index is 0.0390. The van der Waals surface area contributed by atoms with Gasteiger partial charge in [-0.1, -0.05) is 0 Å². The molecule has 21 heavy (non-hydrogen) atoms. The molecule has 9 heteroatoms. The van der Waals surface area contributed by atoms with Crippen molar-refractivity contribution in [2.75, 3.05) is 26.2 Å². The van der Waals surface area contributed by atoms with Gasteiger partial charge in [-0.25, -0.2) is 9.59 Å². The number of nitrogens with zero attached hydrogens (tertiary/aromatic N) is 2. The molecule has 0 bridgehead atoms. The Kier molecular flexibility index (Phi) is 4.21. The van der Waals surface area contributed by atoms with Crippen molar-refractivity contribution in [1.29, 1.82) is 0 Å². The molecule has 0 aliphatic carbocycles. The van der Waals surface area contributed by atoms with E-state index in [-0.39, 0.29) is 36.2 Å². The average Bonchev–Trinajstić information content (AvgIpc) is 2.84. The van der Waals surface area contributed by atoms with Crippen molar-refractivity contribution in [2.45, 2.75) is 0 Å². The van der Waals surface area contributed by atoms with Gasteiger partial charge in [0.25, 0.3) is 0 Å². The monoisotopic (exact) mass is 295 g/mol. The molecule has 0 atom stereocenters. The van der Waals surface area contributed by atoms with Crippen LogP contribution in [-0.2, 0) is 0 Å². The molecule has 0 unspecified atom stereocenters. The van der Waals surface area contributed by atoms with Crippen molar-refractivity contribution in [1.82, 2.24) is 10.2 Å². The second kappa shape index (κ2) is 6.07. The first kappa shape index (κ1) is 14.6. The third-order valence-corrected chi connectivity index (χ3v) is 2.97. The lowest BCUT2D eigenvalue weighted by molar-refractivity contribution is -0.385. The molecule has 112 valence electrons. The van der Waals surface area contributed by atoms with Gasteiger partial charge in [0.1, 0.15) is 6.61 Å². The number of carboxylic acid groups (broad SMARTS) is 1. The molecule has 2 rings (SSSR count). The lowest BCUT2D eigenvalue weighted by Crippen LogP contribution is -2.31. The van der Waals surface area contributed by atoms with Crippen molar-refractivity contribution in [3.63, 3.8) is 0 Å². The number of urea groups is 1. The zero-order chi connectivity index (χ0) is 15.4. The SMILES string of the molecule is O=C(O)c1ccc([N+](=O)[O-])c(OCCN2CCNC2=O)c1. The minimum Gasteiger partial charge on any atom is -0.485 e. The summed E-state index contributed by atoms with van der Waals surface area (Å²) in [5.41, 5.74) is -0.416. The average molecular weight is 295 g/mol. The highest BCUT2D eigenvalue weighted by molar-refractivity contribution is 5.88. The highest BCUT2D eigenvalue weighted by Gasteiger charge is 2.21. The molecule has 9 nitrogen and oxygen atoms in total. The molecule has 1 saturated heterocycles. The largest absolute Gasteiger partial charge is 0.485 e. The minimum atomic E-state index is -1.20. The summed E-state index contributed by atoms with van der Waals surface area (Å²) in [4.78, 5) is 33.9. The van der Waals surface area contributed by atoms with Gasteiger partial charge in [-0.2, -0.15) is 0 Å². The Hall–Kier alpha value is -2.84. The number of ether oxygens (including phenoxy) is 1. The molecule has 0 radical (unpaired) electrons. The maximum Gasteiger partial charge on any atom is 0.335 e. The topological polar surface area (TPSA) is 122 Å². The number of hydrogen-bond donors (Lipinski definition) is 2. The van der Waals surface area contributed by atoms with Gasteiger partial charge in [0, 0.05) is 25.2 Å². The van der Waals surface area contributed by atoms with Gasteiger partial charge < -0.3 is 20.1 Å². The Balaban J connectivity index is 2.06. The third kappa shape index (κ3) is 3.38. The second-order valence-electron chi connectivity index (χ2n) is 4.31. The molecule has 1 heterocycles. The zero-order valence-corrected chi connectivity index (χ0v) is 10.9. The fourth-order valence-corrected chi connectivity index (χ4v) is 1.90. The van der Waals surface area contributed by atoms with Gasteiger partial charge in [-0.05, 0) is 6.07 Å². The molecule has 1 aromatic carbocycles. The summed E-state index contributed by atoms with van der Waals surface area (Å²) in [6.45, 7) is 1.39. The molecule has 0 saturated carbocycles. The standard InChI is InChI=1S/C12H13N3O6/c16-11(17)8-1-2-9(15(19)20)10(7-8)21-6-5-14-4-3-13-12(14)18/h1-2,7H,3-6H2,(H,13,18)(H,16,17). The number of carbonyl (C=O) groups excluding carboxylic acids is 1. The van der Waals surface area contributed by atoms with Crippen molar-refractivity contribution >= 4 is 17.7 Å². The number of carboxylic acids is 1. The molecule has 1 aliphatic heterocycles. The Morgan fingerprint density at radius 1 is 1.52 bits per heavy atom. The van der Waals surface area contributed by atoms with E-state index in [0.717, 1.165) is 18.2 Å². The molecule has 2 amide bonds. The van der Waals surface area contributed by atoms with E-state index in [4.69, 9.17) is 9.84 Å². The van der Waals surface area contributed by atoms with Gasteiger partial charge in [0.15, 0.2) is 5.75 Å². The highest BCUT2D eigenvalue weighted by Crippen LogP contribution is 2.28. The van der Waals surface area contributed by atoms with Crippen molar-refractivity contribution in [3.05, 3.63) is 33.9 Å². The number of rotatable bonds is 6. The number of nitrogens with one attached hydrogen (secondary N) is 1. The molecule has 0 spiro atoms. The van der Waals surface area contributed by atoms with E-state index in [1.165, 1.54) is 4.90 Å². The van der Waals surface area contributed by atoms with Crippen molar-refractivity contribution < 1.29 is 24.4 Å². The van der Waals surface area contributed by atoms with Crippen molar-refractivity contribution in [2.24, 2.45) is 0 Å². The first-order valence-corrected chi connectivity index (χ1v) is 6.16. The van der Waals surface area contributed by atoms with E-state index in [0.29, 0.717) is 13.1 Å². The van der Waals surface area contributed by atoms with Crippen LogP contribution in [0.2, 0.25) is 0 Å². The summed E-state index contributed by atoms with van der Waals surface area (Å²) in [7, 11) is 0. The van der Waals surface area contributed by atoms with Gasteiger partial charge in [0.2, 0.25) is 0 Å². The number of benzene rings is 1. The predicted octanol–water partition coefficient (Wildman–Crippen LogP) is 0.697. The molecular weight excluding hydrogens is 282 g/mol. The van der Waals surface area contributed by atoms with Gasteiger partial charge in [-0.3, -0.25) is 10.1 Å². The van der Waals surface area contributed by atoms with Crippen molar-refractivity contribution in [3.8, 4) is 5.75 Å². The molecule has 1 fully saturated rings. The number of aromatic carboxylic acids is 1. The number of amides is 2. The maximum absolute atomic E-state index is 11.3. The van der Waals surface area contributed by atoms with E-state index in [1.807, 2.05) is 0 Å². The van der Waals surface area contributed by atoms with Crippen LogP contribution in [0, 0.1) is 10.1 Å². The summed E-state index contributed by atoms with van der Waals surface area (Å²) in [6, 6.07) is 3.11. The summed E-state index contributed by atoms with van der Waals surface area (Å²) in [5.74, 6) is -1.33. The third-order valence-electron chi connectivity index (χ3n) is 2.97. The lowest BCUT2D eigenvalue weighted by atomic mass is 10.2. The Morgan fingerprint density at radius 2 is 2.29 bits per heavy atom. The summed E-state index contributed by atoms with van der Waals surface area (Å²) in [6.07, 6.45) is 0. The highest BCUT2D eigenvalue weighted by atomic mass is 16.6. The van der Waals surface area contributed by atoms with Crippen LogP contribution in [0.25, 0.3) is 0 Å². The predicted molar refractivity (Wildman–Crippen MR) is 70.5 cm³/mol. The zero-order valence-electron chi connectivity index (χ0n) is 10.9. The molecule has 1 aliphatic rings. The van der Waals surface area contributed by atoms with Crippen LogP contribution in [0.4, 0.5) is 10.5 Å². The second-order valence-corrected chi connectivity index (χ2v) is 4.31. The Bertz CT molecular complexity index is 588. The van der Waals surface area contributed by atoms with Gasteiger partial charge in [-0.15, -0.1) is 0 Å². The van der Waals surface area contributed by atoms with Crippen LogP contribution >= 0.6 is 0 Å². The Labute approximate surface area is 119 Å². The number of nitro groups is 1. The summed E-state index contributed by atoms with van der Waals surface area (Å²) < 4.78 is 5.27. The maximum atomic E-state index is 11.3. The molecule has 1 aromatic rings. The first-order valence-electron chi connectivity index (χ1n) is 6.16. The fourth-order valence-electron chi connectivity index (χ4n) is 1.90. The summed E-state index contributed by atoms with van der Waals surface area (Å²) in [5, 5.41) is 22.4. The normalized spacial score (nSPS) is 13.9. The number of nitro benzene ring substituents is 1. The van der Waals surface area contributed by atoms with Gasteiger partial charge >= 0.3 is 17.7 Å². The van der Waals surface area contributed by atoms with Crippen LogP contribution in [0.3, 0.4) is 0 Å². The Morgan fingerprint density at radius 3 is 2.86 bits per heavy atom. The fraction of sp³-hybridized carbons (Fsp3) is 0.333. The summed E-state index contributed by atoms with van der Waals surface area (Å²) >= 11 is 0. The van der Waals surface area contributed by atoms with Crippen LogP contribution in [0.1, 0.15) is 10.4 Å². The van der Waals surface area contributed by atoms with E-state index < -0.39 is 10.9 Å². The van der Waals surface area contributed by atoms with E-state index in [1.54, 1.807) is 0 Å². The number of carbonyl (C=O) groups is 2. The van der Waals surface area contributed by atoms with Crippen LogP contribution in [0.15, 0.2) is 18.2 Å². The molecule has 2 N–H and O–H groups in total. The van der Waals surface area contributed by atoms with E-state index in [2.05, 4.69) is 5.32 Å². The van der Waals surface area contributed by atoms with Gasteiger partial charge in [0.05, 0.1) is 17.0 Å². The van der Waals surface area contributed by atoms with Crippen LogP contribution < -0.4 is 10.1 Å². The molecule has 0 aromatic heterocycles. The smallest absolute Gasteiger partial charge is 0.335 e. The number of hydrogen-bond acceptors (Lipinski definition) is 5. The quantitative estimate of drug-likeness (QED) is 0.588. The first-order chi connectivity index (χ1) is 9.99. The van der Waals surface area contributed by atoms with Crippen LogP contribution in [-0.4, -0.2) is 53.2 Å². The van der Waals surface area contributed by atoms with Crippen LogP contribution in [0.5, 0.6) is 5.75 Å². The van der Waals surface area contributed by atoms with E-state index in [9.17, 15) is 19.7 Å². The molecular formula is C12H13N3O6.